The maximum Gasteiger partial charge on any atom is 0.223 e. The molecule has 1 fully saturated rings. The lowest BCUT2D eigenvalue weighted by Crippen LogP contribution is -2.47. The van der Waals surface area contributed by atoms with E-state index in [4.69, 9.17) is 9.47 Å². The van der Waals surface area contributed by atoms with Crippen LogP contribution in [0.4, 0.5) is 0 Å². The molecule has 100 valence electrons. The van der Waals surface area contributed by atoms with Crippen molar-refractivity contribution < 1.29 is 14.3 Å². The van der Waals surface area contributed by atoms with Gasteiger partial charge in [0.25, 0.3) is 0 Å². The molecular formula is C13H25NO3. The van der Waals surface area contributed by atoms with Gasteiger partial charge in [0, 0.05) is 26.7 Å². The van der Waals surface area contributed by atoms with Crippen molar-refractivity contribution in [2.24, 2.45) is 5.92 Å². The third kappa shape index (κ3) is 4.64. The fourth-order valence-corrected chi connectivity index (χ4v) is 2.27. The number of carbonyl (C=O) groups is 1. The largest absolute Gasteiger partial charge is 0.382 e. The molecule has 0 spiro atoms. The van der Waals surface area contributed by atoms with Gasteiger partial charge in [-0.15, -0.1) is 0 Å². The molecule has 0 saturated heterocycles. The van der Waals surface area contributed by atoms with Gasteiger partial charge in [0.15, 0.2) is 0 Å². The van der Waals surface area contributed by atoms with E-state index in [2.05, 4.69) is 5.32 Å². The van der Waals surface area contributed by atoms with Crippen LogP contribution in [-0.2, 0) is 14.3 Å². The molecular weight excluding hydrogens is 218 g/mol. The predicted molar refractivity (Wildman–Crippen MR) is 66.9 cm³/mol. The zero-order valence-corrected chi connectivity index (χ0v) is 11.3. The minimum absolute atomic E-state index is 0.170. The summed E-state index contributed by atoms with van der Waals surface area (Å²) in [6, 6.07) is 0. The van der Waals surface area contributed by atoms with Crippen LogP contribution in [0.25, 0.3) is 0 Å². The van der Waals surface area contributed by atoms with Crippen LogP contribution < -0.4 is 5.32 Å². The van der Waals surface area contributed by atoms with Gasteiger partial charge in [0.05, 0.1) is 6.61 Å². The molecule has 0 unspecified atom stereocenters. The topological polar surface area (TPSA) is 47.6 Å². The van der Waals surface area contributed by atoms with Crippen molar-refractivity contribution in [1.29, 1.82) is 0 Å². The normalized spacial score (nSPS) is 20.9. The fraction of sp³-hybridized carbons (Fsp3) is 0.923. The summed E-state index contributed by atoms with van der Waals surface area (Å²) in [5, 5.41) is 2.98. The number of nitrogens with one attached hydrogen (secondary N) is 1. The molecule has 0 aromatic rings. The van der Waals surface area contributed by atoms with Crippen molar-refractivity contribution in [3.63, 3.8) is 0 Å². The highest BCUT2D eigenvalue weighted by Crippen LogP contribution is 2.23. The Kier molecular flexibility index (Phi) is 5.92. The number of rotatable bonds is 6. The maximum atomic E-state index is 12.0. The number of hydrogen-bond acceptors (Lipinski definition) is 3. The molecule has 17 heavy (non-hydrogen) atoms. The first-order chi connectivity index (χ1) is 8.11. The van der Waals surface area contributed by atoms with Crippen LogP contribution in [0.15, 0.2) is 0 Å². The van der Waals surface area contributed by atoms with E-state index in [0.29, 0.717) is 13.2 Å². The van der Waals surface area contributed by atoms with Crippen LogP contribution >= 0.6 is 0 Å². The van der Waals surface area contributed by atoms with Gasteiger partial charge in [-0.25, -0.2) is 0 Å². The van der Waals surface area contributed by atoms with E-state index in [9.17, 15) is 4.79 Å². The second kappa shape index (κ2) is 6.97. The zero-order valence-electron chi connectivity index (χ0n) is 11.3. The zero-order chi connectivity index (χ0) is 12.7. The summed E-state index contributed by atoms with van der Waals surface area (Å²) in [5.74, 6) is 0.372. The van der Waals surface area contributed by atoms with Crippen LogP contribution in [0.1, 0.15) is 39.0 Å². The van der Waals surface area contributed by atoms with Crippen molar-refractivity contribution in [2.75, 3.05) is 27.4 Å². The Morgan fingerprint density at radius 1 is 1.29 bits per heavy atom. The fourth-order valence-electron chi connectivity index (χ4n) is 2.27. The minimum atomic E-state index is -0.431. The van der Waals surface area contributed by atoms with Gasteiger partial charge >= 0.3 is 0 Å². The molecule has 1 amide bonds. The van der Waals surface area contributed by atoms with Crippen LogP contribution in [0.2, 0.25) is 0 Å². The number of carbonyl (C=O) groups excluding carboxylic acids is 1. The third-order valence-electron chi connectivity index (χ3n) is 3.55. The van der Waals surface area contributed by atoms with Crippen molar-refractivity contribution in [3.8, 4) is 0 Å². The summed E-state index contributed by atoms with van der Waals surface area (Å²) < 4.78 is 10.5. The first-order valence-electron chi connectivity index (χ1n) is 6.43. The van der Waals surface area contributed by atoms with Crippen LogP contribution in [0, 0.1) is 5.92 Å². The van der Waals surface area contributed by atoms with E-state index in [0.717, 1.165) is 12.8 Å². The Morgan fingerprint density at radius 3 is 2.47 bits per heavy atom. The first kappa shape index (κ1) is 14.5. The molecule has 1 atom stereocenters. The molecule has 1 aliphatic carbocycles. The first-order valence-corrected chi connectivity index (χ1v) is 6.43. The minimum Gasteiger partial charge on any atom is -0.382 e. The molecule has 1 saturated carbocycles. The van der Waals surface area contributed by atoms with Crippen LogP contribution in [0.3, 0.4) is 0 Å². The van der Waals surface area contributed by atoms with Crippen LogP contribution in [-0.4, -0.2) is 38.9 Å². The summed E-state index contributed by atoms with van der Waals surface area (Å²) in [7, 11) is 3.28. The Morgan fingerprint density at radius 2 is 1.94 bits per heavy atom. The highest BCUT2D eigenvalue weighted by Gasteiger charge is 2.27. The molecule has 0 aromatic carbocycles. The molecule has 1 N–H and O–H groups in total. The molecule has 0 radical (unpaired) electrons. The molecule has 0 bridgehead atoms. The monoisotopic (exact) mass is 243 g/mol. The van der Waals surface area contributed by atoms with Gasteiger partial charge in [-0.3, -0.25) is 4.79 Å². The standard InChI is InChI=1S/C13H25NO3/c1-13(17-3,10-16-2)9-14-12(15)11-7-5-4-6-8-11/h11H,4-10H2,1-3H3,(H,14,15)/t13-/m0/s1. The quantitative estimate of drug-likeness (QED) is 0.773. The predicted octanol–water partition coefficient (Wildman–Crippen LogP) is 1.73. The van der Waals surface area contributed by atoms with Crippen LogP contribution in [0.5, 0.6) is 0 Å². The summed E-state index contributed by atoms with van der Waals surface area (Å²) >= 11 is 0. The van der Waals surface area contributed by atoms with Crippen molar-refractivity contribution in [3.05, 3.63) is 0 Å². The van der Waals surface area contributed by atoms with Gasteiger partial charge in [-0.05, 0) is 19.8 Å². The molecule has 0 aliphatic heterocycles. The number of ether oxygens (including phenoxy) is 2. The lowest BCUT2D eigenvalue weighted by molar-refractivity contribution is -0.128. The van der Waals surface area contributed by atoms with E-state index in [1.165, 1.54) is 19.3 Å². The Balaban J connectivity index is 2.35. The van der Waals surface area contributed by atoms with Crippen molar-refractivity contribution >= 4 is 5.91 Å². The average Bonchev–Trinajstić information content (AvgIpc) is 2.37. The summed E-state index contributed by atoms with van der Waals surface area (Å²) in [5.41, 5.74) is -0.431. The summed E-state index contributed by atoms with van der Waals surface area (Å²) in [4.78, 5) is 12.0. The van der Waals surface area contributed by atoms with E-state index in [-0.39, 0.29) is 11.8 Å². The van der Waals surface area contributed by atoms with Gasteiger partial charge in [0.1, 0.15) is 5.60 Å². The van der Waals surface area contributed by atoms with Gasteiger partial charge < -0.3 is 14.8 Å². The Bertz CT molecular complexity index is 239. The highest BCUT2D eigenvalue weighted by molar-refractivity contribution is 5.78. The second-order valence-electron chi connectivity index (χ2n) is 5.14. The third-order valence-corrected chi connectivity index (χ3v) is 3.55. The Hall–Kier alpha value is -0.610. The number of methoxy groups -OCH3 is 2. The van der Waals surface area contributed by atoms with E-state index >= 15 is 0 Å². The van der Waals surface area contributed by atoms with Gasteiger partial charge in [0.2, 0.25) is 5.91 Å². The molecule has 1 rings (SSSR count). The van der Waals surface area contributed by atoms with Crippen molar-refractivity contribution in [2.45, 2.75) is 44.6 Å². The number of amides is 1. The van der Waals surface area contributed by atoms with Gasteiger partial charge in [-0.2, -0.15) is 0 Å². The maximum absolute atomic E-state index is 12.0. The summed E-state index contributed by atoms with van der Waals surface area (Å²) in [6.07, 6.45) is 5.68. The smallest absolute Gasteiger partial charge is 0.223 e. The number of hydrogen-bond donors (Lipinski definition) is 1. The summed E-state index contributed by atoms with van der Waals surface area (Å²) in [6.45, 7) is 2.93. The van der Waals surface area contributed by atoms with Gasteiger partial charge in [-0.1, -0.05) is 19.3 Å². The molecule has 0 aromatic heterocycles. The average molecular weight is 243 g/mol. The lowest BCUT2D eigenvalue weighted by Gasteiger charge is -2.29. The van der Waals surface area contributed by atoms with E-state index in [1.54, 1.807) is 14.2 Å². The highest BCUT2D eigenvalue weighted by atomic mass is 16.5. The van der Waals surface area contributed by atoms with E-state index in [1.807, 2.05) is 6.92 Å². The molecule has 4 nitrogen and oxygen atoms in total. The SMILES string of the molecule is COC[C@](C)(CNC(=O)C1CCCCC1)OC. The molecule has 0 heterocycles. The molecule has 4 heteroatoms. The lowest BCUT2D eigenvalue weighted by atomic mass is 9.88. The Labute approximate surface area is 104 Å². The molecule has 1 aliphatic rings. The second-order valence-corrected chi connectivity index (χ2v) is 5.14. The van der Waals surface area contributed by atoms with E-state index < -0.39 is 5.60 Å². The van der Waals surface area contributed by atoms with Crippen molar-refractivity contribution in [1.82, 2.24) is 5.32 Å².